The van der Waals surface area contributed by atoms with Gasteiger partial charge in [0.15, 0.2) is 23.9 Å². The molecule has 1 N–H and O–H groups in total. The van der Waals surface area contributed by atoms with Crippen LogP contribution in [0.5, 0.6) is 17.2 Å². The summed E-state index contributed by atoms with van der Waals surface area (Å²) in [5, 5.41) is 8.54. The van der Waals surface area contributed by atoms with E-state index in [1.165, 1.54) is 25.1 Å². The van der Waals surface area contributed by atoms with Gasteiger partial charge in [0.1, 0.15) is 5.58 Å². The first-order chi connectivity index (χ1) is 21.4. The molecule has 0 saturated heterocycles. The maximum atomic E-state index is 13.6. The Morgan fingerprint density at radius 3 is 2.45 bits per heavy atom. The number of carbonyl (C=O) groups is 1. The summed E-state index contributed by atoms with van der Waals surface area (Å²) >= 11 is 3.48. The molecule has 0 radical (unpaired) electrons. The summed E-state index contributed by atoms with van der Waals surface area (Å²) in [6, 6.07) is 26.9. The zero-order valence-electron chi connectivity index (χ0n) is 23.6. The molecule has 220 valence electrons. The summed E-state index contributed by atoms with van der Waals surface area (Å²) < 4.78 is 25.1. The fraction of sp³-hybridized carbons (Fsp3) is 0.0909. The predicted octanol–water partition coefficient (Wildman–Crippen LogP) is 6.49. The van der Waals surface area contributed by atoms with Crippen LogP contribution in [0.1, 0.15) is 5.56 Å². The number of anilines is 1. The standard InChI is InChI=1S/C33H25BrN4O6/c1-41-27-14-20(15-28(42-2)31(27)43-19-30(39)36-23-8-4-3-5-9-23)18-35-38-32(37-25-11-7-6-10-24(25)33(38)40)29-17-21-16-22(34)12-13-26(21)44-29/h3-18H,19H2,1-2H3,(H,36,39). The van der Waals surface area contributed by atoms with Crippen LogP contribution in [-0.2, 0) is 4.79 Å². The number of rotatable bonds is 9. The second-order valence-corrected chi connectivity index (χ2v) is 10.5. The Bertz CT molecular complexity index is 2060. The fourth-order valence-corrected chi connectivity index (χ4v) is 4.99. The Hall–Kier alpha value is -5.42. The molecule has 0 fully saturated rings. The molecule has 0 atom stereocenters. The number of nitrogens with one attached hydrogen (secondary N) is 1. The highest BCUT2D eigenvalue weighted by molar-refractivity contribution is 9.10. The molecule has 0 spiro atoms. The predicted molar refractivity (Wildman–Crippen MR) is 172 cm³/mol. The fourth-order valence-electron chi connectivity index (χ4n) is 4.61. The molecule has 6 rings (SSSR count). The van der Waals surface area contributed by atoms with Crippen molar-refractivity contribution in [1.82, 2.24) is 9.66 Å². The van der Waals surface area contributed by atoms with Crippen LogP contribution in [0, 0.1) is 0 Å². The molecule has 10 nitrogen and oxygen atoms in total. The van der Waals surface area contributed by atoms with E-state index in [-0.39, 0.29) is 29.6 Å². The normalized spacial score (nSPS) is 11.2. The Morgan fingerprint density at radius 1 is 0.977 bits per heavy atom. The maximum absolute atomic E-state index is 13.6. The molecule has 11 heteroatoms. The van der Waals surface area contributed by atoms with Crippen LogP contribution in [0.15, 0.2) is 110 Å². The third-order valence-corrected chi connectivity index (χ3v) is 7.16. The molecule has 4 aromatic carbocycles. The molecule has 0 aliphatic carbocycles. The van der Waals surface area contributed by atoms with Crippen LogP contribution >= 0.6 is 15.9 Å². The van der Waals surface area contributed by atoms with Gasteiger partial charge in [-0.1, -0.05) is 46.3 Å². The van der Waals surface area contributed by atoms with Crippen LogP contribution < -0.4 is 25.1 Å². The van der Waals surface area contributed by atoms with E-state index in [9.17, 15) is 9.59 Å². The highest BCUT2D eigenvalue weighted by atomic mass is 79.9. The number of furan rings is 1. The van der Waals surface area contributed by atoms with Crippen LogP contribution in [-0.4, -0.2) is 42.6 Å². The van der Waals surface area contributed by atoms with Crippen molar-refractivity contribution in [2.75, 3.05) is 26.1 Å². The third kappa shape index (κ3) is 5.90. The number of ether oxygens (including phenoxy) is 3. The van der Waals surface area contributed by atoms with E-state index in [1.54, 1.807) is 42.5 Å². The summed E-state index contributed by atoms with van der Waals surface area (Å²) in [5.41, 5.74) is 1.98. The van der Waals surface area contributed by atoms with Crippen molar-refractivity contribution in [3.05, 3.63) is 111 Å². The lowest BCUT2D eigenvalue weighted by atomic mass is 10.2. The van der Waals surface area contributed by atoms with E-state index in [0.717, 1.165) is 9.86 Å². The van der Waals surface area contributed by atoms with Gasteiger partial charge < -0.3 is 23.9 Å². The monoisotopic (exact) mass is 652 g/mol. The molecule has 0 saturated carbocycles. The first-order valence-electron chi connectivity index (χ1n) is 13.4. The summed E-state index contributed by atoms with van der Waals surface area (Å²) in [6.45, 7) is -0.273. The van der Waals surface area contributed by atoms with Crippen molar-refractivity contribution in [2.45, 2.75) is 0 Å². The minimum atomic E-state index is -0.369. The zero-order chi connectivity index (χ0) is 30.6. The van der Waals surface area contributed by atoms with E-state index in [2.05, 4.69) is 26.3 Å². The van der Waals surface area contributed by atoms with Gasteiger partial charge in [0.05, 0.1) is 31.3 Å². The third-order valence-electron chi connectivity index (χ3n) is 6.66. The lowest BCUT2D eigenvalue weighted by molar-refractivity contribution is -0.118. The molecule has 0 aliphatic rings. The van der Waals surface area contributed by atoms with E-state index < -0.39 is 0 Å². The summed E-state index contributed by atoms with van der Waals surface area (Å²) in [7, 11) is 2.95. The lowest BCUT2D eigenvalue weighted by Gasteiger charge is -2.15. The van der Waals surface area contributed by atoms with Gasteiger partial charge in [-0.3, -0.25) is 9.59 Å². The Kier molecular flexibility index (Phi) is 8.11. The quantitative estimate of drug-likeness (QED) is 0.177. The molecule has 0 unspecified atom stereocenters. The number of fused-ring (bicyclic) bond motifs is 2. The van der Waals surface area contributed by atoms with Gasteiger partial charge in [-0.2, -0.15) is 9.78 Å². The number of para-hydroxylation sites is 2. The van der Waals surface area contributed by atoms with Crippen LogP contribution in [0.4, 0.5) is 5.69 Å². The van der Waals surface area contributed by atoms with Crippen molar-refractivity contribution in [2.24, 2.45) is 5.10 Å². The molecule has 6 aromatic rings. The Labute approximate surface area is 259 Å². The van der Waals surface area contributed by atoms with E-state index in [1.807, 2.05) is 48.5 Å². The lowest BCUT2D eigenvalue weighted by Crippen LogP contribution is -2.20. The van der Waals surface area contributed by atoms with Gasteiger partial charge >= 0.3 is 0 Å². The van der Waals surface area contributed by atoms with E-state index in [4.69, 9.17) is 23.6 Å². The molecule has 44 heavy (non-hydrogen) atoms. The number of carbonyl (C=O) groups excluding carboxylic acids is 1. The second-order valence-electron chi connectivity index (χ2n) is 9.56. The molecule has 2 aromatic heterocycles. The Balaban J connectivity index is 1.35. The van der Waals surface area contributed by atoms with Crippen molar-refractivity contribution >= 4 is 55.6 Å². The maximum Gasteiger partial charge on any atom is 0.282 e. The molecular formula is C33H25BrN4O6. The zero-order valence-corrected chi connectivity index (χ0v) is 25.2. The number of aromatic nitrogens is 2. The summed E-state index contributed by atoms with van der Waals surface area (Å²) in [4.78, 5) is 30.8. The van der Waals surface area contributed by atoms with E-state index >= 15 is 0 Å². The van der Waals surface area contributed by atoms with Crippen molar-refractivity contribution in [1.29, 1.82) is 0 Å². The van der Waals surface area contributed by atoms with Gasteiger partial charge in [-0.15, -0.1) is 0 Å². The van der Waals surface area contributed by atoms with Gasteiger partial charge in [0, 0.05) is 21.1 Å². The molecule has 1 amide bonds. The van der Waals surface area contributed by atoms with Crippen LogP contribution in [0.3, 0.4) is 0 Å². The van der Waals surface area contributed by atoms with Crippen LogP contribution in [0.2, 0.25) is 0 Å². The molecule has 0 aliphatic heterocycles. The number of benzene rings is 4. The molecule has 2 heterocycles. The SMILES string of the molecule is COc1cc(C=Nn2c(-c3cc4cc(Br)ccc4o3)nc3ccccc3c2=O)cc(OC)c1OCC(=O)Nc1ccccc1. The first-order valence-corrected chi connectivity index (χ1v) is 14.2. The Morgan fingerprint density at radius 2 is 1.70 bits per heavy atom. The minimum absolute atomic E-state index is 0.237. The van der Waals surface area contributed by atoms with Gasteiger partial charge in [-0.05, 0) is 60.7 Å². The van der Waals surface area contributed by atoms with Gasteiger partial charge in [0.25, 0.3) is 11.5 Å². The average molecular weight is 653 g/mol. The first kappa shape index (κ1) is 28.7. The van der Waals surface area contributed by atoms with E-state index in [0.29, 0.717) is 45.0 Å². The number of amides is 1. The number of halogens is 1. The highest BCUT2D eigenvalue weighted by Crippen LogP contribution is 2.38. The number of nitrogens with zero attached hydrogens (tertiary/aromatic N) is 3. The summed E-state index contributed by atoms with van der Waals surface area (Å²) in [5.74, 6) is 1.13. The summed E-state index contributed by atoms with van der Waals surface area (Å²) in [6.07, 6.45) is 1.48. The van der Waals surface area contributed by atoms with Crippen LogP contribution in [0.25, 0.3) is 33.5 Å². The van der Waals surface area contributed by atoms with Gasteiger partial charge in [0.2, 0.25) is 11.6 Å². The number of hydrogen-bond donors (Lipinski definition) is 1. The number of methoxy groups -OCH3 is 2. The minimum Gasteiger partial charge on any atom is -0.493 e. The molecule has 0 bridgehead atoms. The largest absolute Gasteiger partial charge is 0.493 e. The van der Waals surface area contributed by atoms with Crippen molar-refractivity contribution < 1.29 is 23.4 Å². The average Bonchev–Trinajstić information content (AvgIpc) is 3.46. The smallest absolute Gasteiger partial charge is 0.282 e. The number of hydrogen-bond acceptors (Lipinski definition) is 8. The highest BCUT2D eigenvalue weighted by Gasteiger charge is 2.18. The molecular weight excluding hydrogens is 628 g/mol. The topological polar surface area (TPSA) is 117 Å². The van der Waals surface area contributed by atoms with Crippen molar-refractivity contribution in [3.8, 4) is 28.8 Å². The van der Waals surface area contributed by atoms with Gasteiger partial charge in [-0.25, -0.2) is 4.98 Å². The van der Waals surface area contributed by atoms with Crippen molar-refractivity contribution in [3.63, 3.8) is 0 Å². The second kappa shape index (κ2) is 12.4.